The normalized spacial score (nSPS) is 10.0. The molecule has 1 heterocycles. The number of hydrogen-bond donors (Lipinski definition) is 1. The summed E-state index contributed by atoms with van der Waals surface area (Å²) in [4.78, 5) is 24.1. The first-order valence-electron chi connectivity index (χ1n) is 3.64. The Morgan fingerprint density at radius 3 is 2.85 bits per heavy atom. The number of hydrogen-bond acceptors (Lipinski definition) is 2. The minimum Gasteiger partial charge on any atom is -0.295 e. The van der Waals surface area contributed by atoms with Crippen molar-refractivity contribution >= 4 is 11.6 Å². The summed E-state index contributed by atoms with van der Waals surface area (Å²) in [5, 5.41) is 0.000787. The van der Waals surface area contributed by atoms with Gasteiger partial charge in [0.2, 0.25) is 0 Å². The number of aromatic nitrogens is 2. The van der Waals surface area contributed by atoms with E-state index in [9.17, 15) is 9.59 Å². The molecule has 0 unspecified atom stereocenters. The maximum absolute atomic E-state index is 11.1. The molecule has 13 heavy (non-hydrogen) atoms. The average Bonchev–Trinajstić information content (AvgIpc) is 1.99. The van der Waals surface area contributed by atoms with E-state index in [0.717, 1.165) is 5.57 Å². The molecule has 0 radical (unpaired) electrons. The van der Waals surface area contributed by atoms with E-state index >= 15 is 0 Å². The molecular formula is C8H9ClN2O2. The van der Waals surface area contributed by atoms with Crippen LogP contribution < -0.4 is 11.2 Å². The number of nitrogens with one attached hydrogen (secondary N) is 1. The van der Waals surface area contributed by atoms with E-state index in [1.165, 1.54) is 10.8 Å². The molecule has 0 aromatic carbocycles. The van der Waals surface area contributed by atoms with Crippen molar-refractivity contribution in [2.24, 2.45) is 0 Å². The third-order valence-corrected chi connectivity index (χ3v) is 1.68. The zero-order chi connectivity index (χ0) is 10.0. The Hall–Kier alpha value is -1.29. The van der Waals surface area contributed by atoms with Crippen LogP contribution in [0.2, 0.25) is 5.02 Å². The van der Waals surface area contributed by atoms with E-state index in [4.69, 9.17) is 11.6 Å². The largest absolute Gasteiger partial charge is 0.328 e. The Morgan fingerprint density at radius 1 is 1.69 bits per heavy atom. The van der Waals surface area contributed by atoms with Crippen LogP contribution in [0.4, 0.5) is 0 Å². The van der Waals surface area contributed by atoms with E-state index in [2.05, 4.69) is 11.6 Å². The van der Waals surface area contributed by atoms with Gasteiger partial charge in [-0.15, -0.1) is 0 Å². The highest BCUT2D eigenvalue weighted by molar-refractivity contribution is 6.30. The molecule has 0 amide bonds. The van der Waals surface area contributed by atoms with E-state index in [-0.39, 0.29) is 5.02 Å². The van der Waals surface area contributed by atoms with Gasteiger partial charge < -0.3 is 0 Å². The van der Waals surface area contributed by atoms with E-state index in [1.54, 1.807) is 6.92 Å². The number of H-pyrrole nitrogens is 1. The molecule has 0 atom stereocenters. The van der Waals surface area contributed by atoms with Crippen LogP contribution in [0.3, 0.4) is 0 Å². The highest BCUT2D eigenvalue weighted by Gasteiger charge is 2.01. The molecule has 5 heteroatoms. The van der Waals surface area contributed by atoms with Gasteiger partial charge in [0.05, 0.1) is 0 Å². The zero-order valence-corrected chi connectivity index (χ0v) is 7.89. The van der Waals surface area contributed by atoms with Gasteiger partial charge in [-0.05, 0) is 6.92 Å². The van der Waals surface area contributed by atoms with Crippen molar-refractivity contribution < 1.29 is 0 Å². The lowest BCUT2D eigenvalue weighted by Crippen LogP contribution is -2.29. The molecule has 4 nitrogen and oxygen atoms in total. The second kappa shape index (κ2) is 3.62. The molecular weight excluding hydrogens is 192 g/mol. The van der Waals surface area contributed by atoms with Crippen LogP contribution >= 0.6 is 11.6 Å². The van der Waals surface area contributed by atoms with Crippen molar-refractivity contribution in [2.75, 3.05) is 0 Å². The Morgan fingerprint density at radius 2 is 2.31 bits per heavy atom. The highest BCUT2D eigenvalue weighted by atomic mass is 35.5. The molecule has 0 aliphatic heterocycles. The molecule has 1 aromatic heterocycles. The maximum atomic E-state index is 11.1. The first kappa shape index (κ1) is 9.80. The Kier molecular flexibility index (Phi) is 2.72. The highest BCUT2D eigenvalue weighted by Crippen LogP contribution is 1.98. The van der Waals surface area contributed by atoms with Gasteiger partial charge in [0.1, 0.15) is 5.02 Å². The Labute approximate surface area is 79.5 Å². The first-order valence-corrected chi connectivity index (χ1v) is 4.02. The number of aromatic amines is 1. The van der Waals surface area contributed by atoms with Crippen molar-refractivity contribution in [3.63, 3.8) is 0 Å². The number of halogens is 1. The fourth-order valence-electron chi connectivity index (χ4n) is 0.891. The molecule has 0 aliphatic carbocycles. The number of allylic oxidation sites excluding steroid dienone is 1. The molecule has 1 N–H and O–H groups in total. The van der Waals surface area contributed by atoms with Crippen molar-refractivity contribution in [1.29, 1.82) is 0 Å². The number of nitrogens with zero attached hydrogens (tertiary/aromatic N) is 1. The van der Waals surface area contributed by atoms with Gasteiger partial charge in [-0.25, -0.2) is 4.79 Å². The summed E-state index contributed by atoms with van der Waals surface area (Å²) in [6.45, 7) is 5.79. The predicted octanol–water partition coefficient (Wildman–Crippen LogP) is 0.766. The molecule has 0 bridgehead atoms. The summed E-state index contributed by atoms with van der Waals surface area (Å²) in [6, 6.07) is 0. The van der Waals surface area contributed by atoms with Gasteiger partial charge in [-0.3, -0.25) is 14.3 Å². The summed E-state index contributed by atoms with van der Waals surface area (Å²) < 4.78 is 1.30. The molecule has 70 valence electrons. The van der Waals surface area contributed by atoms with Crippen LogP contribution in [-0.2, 0) is 6.54 Å². The van der Waals surface area contributed by atoms with Crippen LogP contribution in [-0.4, -0.2) is 9.55 Å². The standard InChI is InChI=1S/C8H9ClN2O2/c1-5(2)3-11-4-6(9)7(12)10-8(11)13/h4H,1,3H2,2H3,(H,10,12,13). The molecule has 1 rings (SSSR count). The van der Waals surface area contributed by atoms with Crippen molar-refractivity contribution in [2.45, 2.75) is 13.5 Å². The van der Waals surface area contributed by atoms with Gasteiger partial charge in [0, 0.05) is 12.7 Å². The zero-order valence-electron chi connectivity index (χ0n) is 7.13. The fraction of sp³-hybridized carbons (Fsp3) is 0.250. The van der Waals surface area contributed by atoms with Crippen LogP contribution in [0, 0.1) is 0 Å². The van der Waals surface area contributed by atoms with Crippen LogP contribution in [0.25, 0.3) is 0 Å². The van der Waals surface area contributed by atoms with E-state index < -0.39 is 11.2 Å². The Balaban J connectivity index is 3.24. The number of rotatable bonds is 2. The Bertz CT molecular complexity index is 444. The summed E-state index contributed by atoms with van der Waals surface area (Å²) in [6.07, 6.45) is 1.30. The van der Waals surface area contributed by atoms with Crippen molar-refractivity contribution in [3.8, 4) is 0 Å². The third kappa shape index (κ3) is 2.32. The lowest BCUT2D eigenvalue weighted by Gasteiger charge is -2.03. The summed E-state index contributed by atoms with van der Waals surface area (Å²) in [7, 11) is 0. The molecule has 1 aromatic rings. The van der Waals surface area contributed by atoms with E-state index in [1.807, 2.05) is 0 Å². The quantitative estimate of drug-likeness (QED) is 0.717. The molecule has 0 aliphatic rings. The van der Waals surface area contributed by atoms with Crippen LogP contribution in [0.15, 0.2) is 27.9 Å². The van der Waals surface area contributed by atoms with Crippen molar-refractivity contribution in [3.05, 3.63) is 44.2 Å². The van der Waals surface area contributed by atoms with Gasteiger partial charge in [-0.1, -0.05) is 23.8 Å². The monoisotopic (exact) mass is 200 g/mol. The SMILES string of the molecule is C=C(C)Cn1cc(Cl)c(=O)[nH]c1=O. The fourth-order valence-corrected chi connectivity index (χ4v) is 1.06. The predicted molar refractivity (Wildman–Crippen MR) is 51.1 cm³/mol. The summed E-state index contributed by atoms with van der Waals surface area (Å²) >= 11 is 5.54. The minimum atomic E-state index is -0.565. The average molecular weight is 201 g/mol. The van der Waals surface area contributed by atoms with Gasteiger partial charge in [0.25, 0.3) is 5.56 Å². The van der Waals surface area contributed by atoms with Crippen LogP contribution in [0.5, 0.6) is 0 Å². The summed E-state index contributed by atoms with van der Waals surface area (Å²) in [5.74, 6) is 0. The summed E-state index contributed by atoms with van der Waals surface area (Å²) in [5.41, 5.74) is -0.229. The van der Waals surface area contributed by atoms with Gasteiger partial charge >= 0.3 is 5.69 Å². The van der Waals surface area contributed by atoms with E-state index in [0.29, 0.717) is 6.54 Å². The topological polar surface area (TPSA) is 54.9 Å². The van der Waals surface area contributed by atoms with Gasteiger partial charge in [-0.2, -0.15) is 0 Å². The maximum Gasteiger partial charge on any atom is 0.328 e. The molecule has 0 saturated heterocycles. The van der Waals surface area contributed by atoms with Crippen molar-refractivity contribution in [1.82, 2.24) is 9.55 Å². The lowest BCUT2D eigenvalue weighted by atomic mass is 10.3. The molecule has 0 spiro atoms. The molecule has 0 saturated carbocycles. The second-order valence-corrected chi connectivity index (χ2v) is 3.23. The van der Waals surface area contributed by atoms with Gasteiger partial charge in [0.15, 0.2) is 0 Å². The third-order valence-electron chi connectivity index (χ3n) is 1.41. The molecule has 0 fully saturated rings. The minimum absolute atomic E-state index is 0.000787. The lowest BCUT2D eigenvalue weighted by molar-refractivity contribution is 0.712. The second-order valence-electron chi connectivity index (χ2n) is 2.82. The van der Waals surface area contributed by atoms with Crippen LogP contribution in [0.1, 0.15) is 6.92 Å². The smallest absolute Gasteiger partial charge is 0.295 e. The first-order chi connectivity index (χ1) is 6.00.